The fraction of sp³-hybridized carbons (Fsp3) is 0.533. The molecule has 1 aliphatic rings. The zero-order valence-electron chi connectivity index (χ0n) is 12.0. The second-order valence-corrected chi connectivity index (χ2v) is 8.83. The maximum absolute atomic E-state index is 6.04. The number of nitrogens with one attached hydrogen (secondary N) is 1. The van der Waals surface area contributed by atoms with E-state index in [2.05, 4.69) is 32.2 Å². The van der Waals surface area contributed by atoms with Crippen LogP contribution in [0.1, 0.15) is 43.8 Å². The standard InChI is InChI=1S/C15H19ClN2S2/c1-4-17-9-7-15(2,3)8-10-13(9)20-14(18-10)11-5-6-12(16)19-11/h5-6,9,17H,4,7-8H2,1-3H3. The molecule has 2 aromatic heterocycles. The number of thiazole rings is 1. The molecule has 1 aliphatic carbocycles. The van der Waals surface area contributed by atoms with E-state index < -0.39 is 0 Å². The highest BCUT2D eigenvalue weighted by molar-refractivity contribution is 7.23. The number of hydrogen-bond donors (Lipinski definition) is 1. The minimum atomic E-state index is 0.318. The van der Waals surface area contributed by atoms with Crippen LogP contribution in [-0.2, 0) is 6.42 Å². The van der Waals surface area contributed by atoms with E-state index >= 15 is 0 Å². The fourth-order valence-electron chi connectivity index (χ4n) is 2.88. The molecule has 3 rings (SSSR count). The van der Waals surface area contributed by atoms with Gasteiger partial charge in [-0.25, -0.2) is 4.98 Å². The van der Waals surface area contributed by atoms with Gasteiger partial charge in [0.05, 0.1) is 14.9 Å². The van der Waals surface area contributed by atoms with Crippen molar-refractivity contribution in [1.29, 1.82) is 0 Å². The molecule has 0 amide bonds. The lowest BCUT2D eigenvalue weighted by Gasteiger charge is -2.34. The Balaban J connectivity index is 1.99. The Kier molecular flexibility index (Phi) is 3.93. The molecule has 1 atom stereocenters. The number of nitrogens with zero attached hydrogens (tertiary/aromatic N) is 1. The number of fused-ring (bicyclic) bond motifs is 1. The van der Waals surface area contributed by atoms with Gasteiger partial charge in [-0.2, -0.15) is 0 Å². The maximum Gasteiger partial charge on any atom is 0.134 e. The van der Waals surface area contributed by atoms with E-state index in [4.69, 9.17) is 16.6 Å². The number of rotatable bonds is 3. The third-order valence-electron chi connectivity index (χ3n) is 3.68. The van der Waals surface area contributed by atoms with Crippen LogP contribution in [0.2, 0.25) is 4.34 Å². The molecule has 0 fully saturated rings. The Morgan fingerprint density at radius 3 is 2.85 bits per heavy atom. The Morgan fingerprint density at radius 1 is 1.40 bits per heavy atom. The molecule has 0 aliphatic heterocycles. The predicted octanol–water partition coefficient (Wildman–Crippen LogP) is 5.15. The van der Waals surface area contributed by atoms with E-state index in [0.29, 0.717) is 11.5 Å². The molecule has 5 heteroatoms. The molecule has 0 bridgehead atoms. The summed E-state index contributed by atoms with van der Waals surface area (Å²) in [5.74, 6) is 0. The summed E-state index contributed by atoms with van der Waals surface area (Å²) in [6, 6.07) is 4.47. The van der Waals surface area contributed by atoms with E-state index in [9.17, 15) is 0 Å². The van der Waals surface area contributed by atoms with Crippen LogP contribution in [-0.4, -0.2) is 11.5 Å². The molecule has 2 aromatic rings. The minimum Gasteiger partial charge on any atom is -0.309 e. The van der Waals surface area contributed by atoms with Gasteiger partial charge in [0, 0.05) is 10.9 Å². The summed E-state index contributed by atoms with van der Waals surface area (Å²) in [5.41, 5.74) is 1.59. The van der Waals surface area contributed by atoms with Gasteiger partial charge in [0.25, 0.3) is 0 Å². The molecule has 0 radical (unpaired) electrons. The van der Waals surface area contributed by atoms with Crippen LogP contribution in [0.15, 0.2) is 12.1 Å². The van der Waals surface area contributed by atoms with Crippen molar-refractivity contribution in [2.75, 3.05) is 6.54 Å². The maximum atomic E-state index is 6.04. The Hall–Kier alpha value is -0.420. The molecule has 2 heterocycles. The molecule has 1 N–H and O–H groups in total. The molecule has 0 saturated heterocycles. The number of halogens is 1. The molecular formula is C15H19ClN2S2. The first-order chi connectivity index (χ1) is 9.48. The van der Waals surface area contributed by atoms with Crippen molar-refractivity contribution < 1.29 is 0 Å². The average molecular weight is 327 g/mol. The third kappa shape index (κ3) is 2.80. The van der Waals surface area contributed by atoms with Crippen LogP contribution in [0, 0.1) is 5.41 Å². The average Bonchev–Trinajstić information content (AvgIpc) is 2.94. The highest BCUT2D eigenvalue weighted by Crippen LogP contribution is 2.45. The van der Waals surface area contributed by atoms with Crippen LogP contribution in [0.3, 0.4) is 0 Å². The van der Waals surface area contributed by atoms with Crippen molar-refractivity contribution in [2.24, 2.45) is 5.41 Å². The van der Waals surface area contributed by atoms with Crippen LogP contribution >= 0.6 is 34.3 Å². The summed E-state index contributed by atoms with van der Waals surface area (Å²) in [5, 5.41) is 4.73. The largest absolute Gasteiger partial charge is 0.309 e. The van der Waals surface area contributed by atoms with Crippen molar-refractivity contribution in [2.45, 2.75) is 39.7 Å². The van der Waals surface area contributed by atoms with Crippen LogP contribution in [0.25, 0.3) is 9.88 Å². The molecule has 0 saturated carbocycles. The third-order valence-corrected chi connectivity index (χ3v) is 6.29. The number of thiophene rings is 1. The first-order valence-electron chi connectivity index (χ1n) is 6.97. The minimum absolute atomic E-state index is 0.318. The smallest absolute Gasteiger partial charge is 0.134 e. The van der Waals surface area contributed by atoms with Gasteiger partial charge in [-0.3, -0.25) is 0 Å². The van der Waals surface area contributed by atoms with Crippen molar-refractivity contribution in [3.63, 3.8) is 0 Å². The quantitative estimate of drug-likeness (QED) is 0.843. The summed E-state index contributed by atoms with van der Waals surface area (Å²) < 4.78 is 0.830. The van der Waals surface area contributed by atoms with Gasteiger partial charge in [-0.1, -0.05) is 32.4 Å². The summed E-state index contributed by atoms with van der Waals surface area (Å²) in [6.45, 7) is 7.84. The first kappa shape index (κ1) is 14.5. The lowest BCUT2D eigenvalue weighted by atomic mass is 9.76. The first-order valence-corrected chi connectivity index (χ1v) is 8.98. The molecule has 2 nitrogen and oxygen atoms in total. The van der Waals surface area contributed by atoms with Gasteiger partial charge in [0.15, 0.2) is 0 Å². The summed E-state index contributed by atoms with van der Waals surface area (Å²) in [6.07, 6.45) is 2.25. The van der Waals surface area contributed by atoms with Crippen LogP contribution in [0.4, 0.5) is 0 Å². The second-order valence-electron chi connectivity index (χ2n) is 6.09. The highest BCUT2D eigenvalue weighted by Gasteiger charge is 2.34. The van der Waals surface area contributed by atoms with E-state index in [0.717, 1.165) is 22.3 Å². The van der Waals surface area contributed by atoms with Gasteiger partial charge < -0.3 is 5.32 Å². The van der Waals surface area contributed by atoms with Gasteiger partial charge >= 0.3 is 0 Å². The summed E-state index contributed by atoms with van der Waals surface area (Å²) >= 11 is 9.48. The van der Waals surface area contributed by atoms with E-state index in [1.54, 1.807) is 11.3 Å². The van der Waals surface area contributed by atoms with Gasteiger partial charge in [0.2, 0.25) is 0 Å². The topological polar surface area (TPSA) is 24.9 Å². The zero-order chi connectivity index (χ0) is 14.3. The van der Waals surface area contributed by atoms with E-state index in [1.165, 1.54) is 21.9 Å². The Morgan fingerprint density at radius 2 is 2.20 bits per heavy atom. The Bertz CT molecular complexity index is 615. The molecule has 20 heavy (non-hydrogen) atoms. The van der Waals surface area contributed by atoms with Crippen molar-refractivity contribution in [1.82, 2.24) is 10.3 Å². The lowest BCUT2D eigenvalue weighted by Crippen LogP contribution is -2.32. The van der Waals surface area contributed by atoms with Gasteiger partial charge in [-0.05, 0) is 36.9 Å². The lowest BCUT2D eigenvalue weighted by molar-refractivity contribution is 0.260. The fourth-order valence-corrected chi connectivity index (χ4v) is 5.13. The summed E-state index contributed by atoms with van der Waals surface area (Å²) in [7, 11) is 0. The van der Waals surface area contributed by atoms with Crippen molar-refractivity contribution >= 4 is 34.3 Å². The number of hydrogen-bond acceptors (Lipinski definition) is 4. The molecule has 1 unspecified atom stereocenters. The monoisotopic (exact) mass is 326 g/mol. The summed E-state index contributed by atoms with van der Waals surface area (Å²) in [4.78, 5) is 7.50. The molecule has 0 aromatic carbocycles. The zero-order valence-corrected chi connectivity index (χ0v) is 14.4. The van der Waals surface area contributed by atoms with E-state index in [-0.39, 0.29) is 0 Å². The van der Waals surface area contributed by atoms with Crippen molar-refractivity contribution in [3.8, 4) is 9.88 Å². The van der Waals surface area contributed by atoms with Crippen molar-refractivity contribution in [3.05, 3.63) is 27.0 Å². The van der Waals surface area contributed by atoms with E-state index in [1.807, 2.05) is 17.4 Å². The Labute approximate surface area is 133 Å². The number of aromatic nitrogens is 1. The predicted molar refractivity (Wildman–Crippen MR) is 89.0 cm³/mol. The molecular weight excluding hydrogens is 308 g/mol. The second kappa shape index (κ2) is 5.41. The molecule has 108 valence electrons. The van der Waals surface area contributed by atoms with Gasteiger partial charge in [-0.15, -0.1) is 22.7 Å². The van der Waals surface area contributed by atoms with Crippen LogP contribution < -0.4 is 5.32 Å². The highest BCUT2D eigenvalue weighted by atomic mass is 35.5. The van der Waals surface area contributed by atoms with Crippen LogP contribution in [0.5, 0.6) is 0 Å². The molecule has 0 spiro atoms. The van der Waals surface area contributed by atoms with Gasteiger partial charge in [0.1, 0.15) is 5.01 Å². The normalized spacial score (nSPS) is 20.9. The SMILES string of the molecule is CCNC1CC(C)(C)Cc2nc(-c3ccc(Cl)s3)sc21.